The number of ether oxygens (including phenoxy) is 1. The Bertz CT molecular complexity index is 1210. The van der Waals surface area contributed by atoms with Crippen LogP contribution in [0.25, 0.3) is 22.0 Å². The second kappa shape index (κ2) is 9.30. The Labute approximate surface area is 190 Å². The van der Waals surface area contributed by atoms with E-state index >= 15 is 0 Å². The van der Waals surface area contributed by atoms with Gasteiger partial charge in [-0.2, -0.15) is 0 Å². The number of hydrogen-bond acceptors (Lipinski definition) is 5. The van der Waals surface area contributed by atoms with Crippen LogP contribution in [0.4, 0.5) is 5.69 Å². The van der Waals surface area contributed by atoms with Gasteiger partial charge >= 0.3 is 0 Å². The van der Waals surface area contributed by atoms with Gasteiger partial charge in [-0.05, 0) is 51.3 Å². The number of nitro benzene ring substituents is 1. The van der Waals surface area contributed by atoms with Gasteiger partial charge < -0.3 is 15.0 Å². The highest BCUT2D eigenvalue weighted by Crippen LogP contribution is 2.38. The minimum absolute atomic E-state index is 0.0327. The second-order valence-electron chi connectivity index (χ2n) is 8.42. The molecule has 1 aromatic heterocycles. The van der Waals surface area contributed by atoms with E-state index in [0.29, 0.717) is 40.4 Å². The molecule has 0 bridgehead atoms. The number of nitro groups is 1. The molecule has 8 heteroatoms. The zero-order chi connectivity index (χ0) is 22.8. The first-order chi connectivity index (χ1) is 15.3. The summed E-state index contributed by atoms with van der Waals surface area (Å²) in [6.07, 6.45) is 4.24. The Hall–Kier alpha value is -2.90. The number of hydrogen-bond donors (Lipinski definition) is 2. The number of piperidine rings is 1. The van der Waals surface area contributed by atoms with Crippen LogP contribution in [0.15, 0.2) is 35.1 Å². The van der Waals surface area contributed by atoms with Gasteiger partial charge in [0, 0.05) is 17.5 Å². The normalized spacial score (nSPS) is 16.3. The lowest BCUT2D eigenvalue weighted by atomic mass is 9.99. The molecule has 0 amide bonds. The molecule has 4 rings (SSSR count). The summed E-state index contributed by atoms with van der Waals surface area (Å²) in [6, 6.07) is 9.03. The lowest BCUT2D eigenvalue weighted by Crippen LogP contribution is -2.35. The molecule has 2 aromatic carbocycles. The number of aryl methyl sites for hydroxylation is 2. The van der Waals surface area contributed by atoms with Crippen LogP contribution in [0.1, 0.15) is 36.8 Å². The molecule has 2 heterocycles. The minimum atomic E-state index is -0.529. The molecule has 0 aliphatic carbocycles. The van der Waals surface area contributed by atoms with E-state index in [1.807, 2.05) is 32.0 Å². The lowest BCUT2D eigenvalue weighted by molar-refractivity contribution is -0.384. The number of halogens is 1. The van der Waals surface area contributed by atoms with Crippen molar-refractivity contribution in [2.45, 2.75) is 45.6 Å². The summed E-state index contributed by atoms with van der Waals surface area (Å²) in [7, 11) is 0. The van der Waals surface area contributed by atoms with E-state index < -0.39 is 4.92 Å². The van der Waals surface area contributed by atoms with Gasteiger partial charge in [-0.25, -0.2) is 0 Å². The summed E-state index contributed by atoms with van der Waals surface area (Å²) >= 11 is 6.09. The molecular formula is C24H26ClN3O4. The molecule has 7 nitrogen and oxygen atoms in total. The molecule has 1 aliphatic heterocycles. The smallest absolute Gasteiger partial charge is 0.288 e. The van der Waals surface area contributed by atoms with Crippen molar-refractivity contribution in [1.82, 2.24) is 10.3 Å². The van der Waals surface area contributed by atoms with E-state index in [1.165, 1.54) is 25.0 Å². The Balaban J connectivity index is 1.85. The third-order valence-electron chi connectivity index (χ3n) is 5.87. The molecule has 0 saturated carbocycles. The highest BCUT2D eigenvalue weighted by Gasteiger charge is 2.22. The fourth-order valence-corrected chi connectivity index (χ4v) is 4.65. The van der Waals surface area contributed by atoms with Crippen LogP contribution in [0, 0.1) is 24.0 Å². The summed E-state index contributed by atoms with van der Waals surface area (Å²) in [5.74, 6) is 0.351. The summed E-state index contributed by atoms with van der Waals surface area (Å²) in [6.45, 7) is 5.32. The molecule has 2 N–H and O–H groups in total. The molecular weight excluding hydrogens is 430 g/mol. The quantitative estimate of drug-likeness (QED) is 0.389. The Kier molecular flexibility index (Phi) is 6.48. The summed E-state index contributed by atoms with van der Waals surface area (Å²) < 4.78 is 6.22. The van der Waals surface area contributed by atoms with Crippen molar-refractivity contribution in [3.05, 3.63) is 66.9 Å². The molecule has 0 radical (unpaired) electrons. The number of aromatic amines is 1. The van der Waals surface area contributed by atoms with Crippen molar-refractivity contribution in [3.63, 3.8) is 0 Å². The largest absolute Gasteiger partial charge is 0.492 e. The van der Waals surface area contributed by atoms with Crippen molar-refractivity contribution in [1.29, 1.82) is 0 Å². The predicted molar refractivity (Wildman–Crippen MR) is 127 cm³/mol. The van der Waals surface area contributed by atoms with E-state index in [4.69, 9.17) is 16.3 Å². The maximum absolute atomic E-state index is 13.1. The van der Waals surface area contributed by atoms with Gasteiger partial charge in [0.25, 0.3) is 11.2 Å². The van der Waals surface area contributed by atoms with Crippen LogP contribution in [0.5, 0.6) is 5.75 Å². The fourth-order valence-electron chi connectivity index (χ4n) is 4.42. The number of aromatic nitrogens is 1. The molecule has 1 saturated heterocycles. The van der Waals surface area contributed by atoms with Crippen molar-refractivity contribution in [2.75, 3.05) is 13.2 Å². The number of nitrogens with zero attached hydrogens (tertiary/aromatic N) is 1. The summed E-state index contributed by atoms with van der Waals surface area (Å²) in [5.41, 5.74) is 2.98. The van der Waals surface area contributed by atoms with Gasteiger partial charge in [-0.1, -0.05) is 47.3 Å². The second-order valence-corrected chi connectivity index (χ2v) is 8.83. The zero-order valence-corrected chi connectivity index (χ0v) is 18.9. The van der Waals surface area contributed by atoms with E-state index in [0.717, 1.165) is 30.5 Å². The first kappa shape index (κ1) is 22.3. The number of benzene rings is 2. The maximum Gasteiger partial charge on any atom is 0.288 e. The number of rotatable bonds is 6. The van der Waals surface area contributed by atoms with Crippen LogP contribution in [0.2, 0.25) is 5.02 Å². The van der Waals surface area contributed by atoms with E-state index in [-0.39, 0.29) is 16.3 Å². The van der Waals surface area contributed by atoms with Gasteiger partial charge in [-0.15, -0.1) is 0 Å². The Morgan fingerprint density at radius 1 is 1.16 bits per heavy atom. The first-order valence-electron chi connectivity index (χ1n) is 10.8. The standard InChI is InChI=1S/C24H26ClN3O4/c1-14-9-15(2)11-16(10-14)22-23(32-8-6-17-5-3-4-7-26-17)18-12-21(28(30)31)19(25)13-20(18)27-24(22)29/h9-13,17,26H,3-8H2,1-2H3,(H,27,29)/t17-/m0/s1. The fraction of sp³-hybridized carbons (Fsp3) is 0.375. The third-order valence-corrected chi connectivity index (χ3v) is 6.17. The van der Waals surface area contributed by atoms with Crippen LogP contribution < -0.4 is 15.6 Å². The summed E-state index contributed by atoms with van der Waals surface area (Å²) in [4.78, 5) is 27.0. The molecule has 1 aliphatic rings. The molecule has 1 fully saturated rings. The van der Waals surface area contributed by atoms with Gasteiger partial charge in [0.15, 0.2) is 0 Å². The number of fused-ring (bicyclic) bond motifs is 1. The third kappa shape index (κ3) is 4.64. The maximum atomic E-state index is 13.1. The zero-order valence-electron chi connectivity index (χ0n) is 18.2. The minimum Gasteiger partial charge on any atom is -0.492 e. The number of H-pyrrole nitrogens is 1. The molecule has 0 unspecified atom stereocenters. The molecule has 168 valence electrons. The SMILES string of the molecule is Cc1cc(C)cc(-c2c(OCC[C@@H]3CCCCN3)c3cc([N+](=O)[O-])c(Cl)cc3[nH]c2=O)c1. The van der Waals surface area contributed by atoms with Crippen molar-refractivity contribution < 1.29 is 9.66 Å². The average Bonchev–Trinajstić information content (AvgIpc) is 2.73. The monoisotopic (exact) mass is 455 g/mol. The average molecular weight is 456 g/mol. The highest BCUT2D eigenvalue weighted by atomic mass is 35.5. The molecule has 3 aromatic rings. The van der Waals surface area contributed by atoms with Crippen molar-refractivity contribution in [3.8, 4) is 16.9 Å². The number of pyridine rings is 1. The van der Waals surface area contributed by atoms with Crippen molar-refractivity contribution in [2.24, 2.45) is 0 Å². The molecule has 1 atom stereocenters. The van der Waals surface area contributed by atoms with Gasteiger partial charge in [0.2, 0.25) is 0 Å². The first-order valence-corrected chi connectivity index (χ1v) is 11.2. The molecule has 32 heavy (non-hydrogen) atoms. The van der Waals surface area contributed by atoms with Crippen LogP contribution >= 0.6 is 11.6 Å². The molecule has 0 spiro atoms. The van der Waals surface area contributed by atoms with Crippen molar-refractivity contribution >= 4 is 28.2 Å². The predicted octanol–water partition coefficient (Wildman–Crippen LogP) is 5.28. The Morgan fingerprint density at radius 3 is 2.56 bits per heavy atom. The van der Waals surface area contributed by atoms with Crippen LogP contribution in [-0.4, -0.2) is 29.1 Å². The topological polar surface area (TPSA) is 97.3 Å². The van der Waals surface area contributed by atoms with Crippen LogP contribution in [0.3, 0.4) is 0 Å². The van der Waals surface area contributed by atoms with E-state index in [1.54, 1.807) is 0 Å². The van der Waals surface area contributed by atoms with Gasteiger partial charge in [0.05, 0.1) is 22.6 Å². The Morgan fingerprint density at radius 2 is 1.91 bits per heavy atom. The van der Waals surface area contributed by atoms with E-state index in [9.17, 15) is 14.9 Å². The van der Waals surface area contributed by atoms with Gasteiger partial charge in [-0.3, -0.25) is 14.9 Å². The highest BCUT2D eigenvalue weighted by molar-refractivity contribution is 6.33. The summed E-state index contributed by atoms with van der Waals surface area (Å²) in [5, 5.41) is 15.4. The van der Waals surface area contributed by atoms with Crippen LogP contribution in [-0.2, 0) is 0 Å². The van der Waals surface area contributed by atoms with Gasteiger partial charge in [0.1, 0.15) is 10.8 Å². The number of nitrogens with one attached hydrogen (secondary N) is 2. The van der Waals surface area contributed by atoms with E-state index in [2.05, 4.69) is 10.3 Å². The lowest BCUT2D eigenvalue weighted by Gasteiger charge is -2.23.